The summed E-state index contributed by atoms with van der Waals surface area (Å²) in [6.07, 6.45) is 4.48. The van der Waals surface area contributed by atoms with Crippen LogP contribution in [0.25, 0.3) is 5.82 Å². The molecule has 2 aromatic rings. The third-order valence-corrected chi connectivity index (χ3v) is 2.14. The van der Waals surface area contributed by atoms with E-state index in [-0.39, 0.29) is 6.10 Å². The molecular formula is C10H12ClN5O. The molecule has 7 heteroatoms. The number of nitrogen functional groups attached to an aromatic ring is 1. The Morgan fingerprint density at radius 2 is 2.18 bits per heavy atom. The molecule has 0 saturated heterocycles. The number of anilines is 1. The molecule has 6 nitrogen and oxygen atoms in total. The third-order valence-electron chi connectivity index (χ3n) is 1.94. The molecule has 0 aliphatic rings. The van der Waals surface area contributed by atoms with Crippen molar-refractivity contribution in [2.24, 2.45) is 0 Å². The van der Waals surface area contributed by atoms with Gasteiger partial charge in [0.2, 0.25) is 5.88 Å². The number of nitrogens with zero attached hydrogens (tertiary/aromatic N) is 4. The van der Waals surface area contributed by atoms with Crippen LogP contribution in [-0.2, 0) is 0 Å². The molecule has 0 aliphatic carbocycles. The summed E-state index contributed by atoms with van der Waals surface area (Å²) >= 11 is 5.79. The van der Waals surface area contributed by atoms with E-state index < -0.39 is 0 Å². The van der Waals surface area contributed by atoms with E-state index >= 15 is 0 Å². The lowest BCUT2D eigenvalue weighted by atomic mass is 10.4. The van der Waals surface area contributed by atoms with E-state index in [0.29, 0.717) is 22.4 Å². The standard InChI is InChI=1S/C10H12ClN5O/c1-6(2)17-10-8(12)9(13-5-14-10)16-4-7(11)3-15-16/h3-6H,12H2,1-2H3. The molecule has 2 aromatic heterocycles. The Labute approximate surface area is 103 Å². The van der Waals surface area contributed by atoms with E-state index in [0.717, 1.165) is 0 Å². The van der Waals surface area contributed by atoms with Crippen LogP contribution in [0.5, 0.6) is 5.88 Å². The van der Waals surface area contributed by atoms with Gasteiger partial charge >= 0.3 is 0 Å². The summed E-state index contributed by atoms with van der Waals surface area (Å²) in [5, 5.41) is 4.53. The fourth-order valence-electron chi connectivity index (χ4n) is 1.29. The number of ether oxygens (including phenoxy) is 1. The minimum Gasteiger partial charge on any atom is -0.473 e. The van der Waals surface area contributed by atoms with Crippen molar-refractivity contribution in [3.05, 3.63) is 23.7 Å². The van der Waals surface area contributed by atoms with Gasteiger partial charge in [-0.15, -0.1) is 0 Å². The first-order valence-electron chi connectivity index (χ1n) is 5.05. The highest BCUT2D eigenvalue weighted by molar-refractivity contribution is 6.30. The van der Waals surface area contributed by atoms with Gasteiger partial charge in [0.25, 0.3) is 0 Å². The largest absolute Gasteiger partial charge is 0.473 e. The van der Waals surface area contributed by atoms with Crippen LogP contribution in [-0.4, -0.2) is 25.9 Å². The molecule has 17 heavy (non-hydrogen) atoms. The van der Waals surface area contributed by atoms with Gasteiger partial charge in [0.1, 0.15) is 12.0 Å². The van der Waals surface area contributed by atoms with Gasteiger partial charge in [0.15, 0.2) is 5.82 Å². The van der Waals surface area contributed by atoms with Crippen molar-refractivity contribution in [2.45, 2.75) is 20.0 Å². The van der Waals surface area contributed by atoms with Gasteiger partial charge < -0.3 is 10.5 Å². The normalized spacial score (nSPS) is 10.8. The maximum absolute atomic E-state index is 5.92. The molecule has 0 fully saturated rings. The lowest BCUT2D eigenvalue weighted by Gasteiger charge is -2.12. The summed E-state index contributed by atoms with van der Waals surface area (Å²) in [6.45, 7) is 3.79. The van der Waals surface area contributed by atoms with Gasteiger partial charge in [-0.05, 0) is 13.8 Å². The summed E-state index contributed by atoms with van der Waals surface area (Å²) < 4.78 is 6.94. The first-order valence-corrected chi connectivity index (χ1v) is 5.43. The zero-order valence-electron chi connectivity index (χ0n) is 9.46. The molecule has 0 unspecified atom stereocenters. The molecule has 0 aromatic carbocycles. The Morgan fingerprint density at radius 3 is 2.76 bits per heavy atom. The summed E-state index contributed by atoms with van der Waals surface area (Å²) in [4.78, 5) is 8.03. The fourth-order valence-corrected chi connectivity index (χ4v) is 1.42. The van der Waals surface area contributed by atoms with Crippen molar-refractivity contribution in [2.75, 3.05) is 5.73 Å². The van der Waals surface area contributed by atoms with Gasteiger partial charge in [-0.2, -0.15) is 10.1 Å². The molecule has 0 aliphatic heterocycles. The summed E-state index contributed by atoms with van der Waals surface area (Å²) in [5.74, 6) is 0.791. The smallest absolute Gasteiger partial charge is 0.242 e. The number of hydrogen-bond donors (Lipinski definition) is 1. The predicted octanol–water partition coefficient (Wildman–Crippen LogP) is 1.69. The molecule has 0 saturated carbocycles. The first-order chi connectivity index (χ1) is 8.08. The molecule has 2 N–H and O–H groups in total. The predicted molar refractivity (Wildman–Crippen MR) is 64.3 cm³/mol. The Hall–Kier alpha value is -1.82. The van der Waals surface area contributed by atoms with Crippen LogP contribution in [0.1, 0.15) is 13.8 Å². The zero-order valence-corrected chi connectivity index (χ0v) is 10.2. The summed E-state index contributed by atoms with van der Waals surface area (Å²) in [7, 11) is 0. The molecule has 2 heterocycles. The minimum atomic E-state index is -0.0127. The Kier molecular flexibility index (Phi) is 3.14. The highest BCUT2D eigenvalue weighted by atomic mass is 35.5. The van der Waals surface area contributed by atoms with E-state index in [1.54, 1.807) is 6.20 Å². The molecule has 0 atom stereocenters. The lowest BCUT2D eigenvalue weighted by molar-refractivity contribution is 0.233. The molecule has 90 valence electrons. The number of hydrogen-bond acceptors (Lipinski definition) is 5. The van der Waals surface area contributed by atoms with E-state index in [2.05, 4.69) is 15.1 Å². The summed E-state index contributed by atoms with van der Waals surface area (Å²) in [5.41, 5.74) is 6.25. The molecular weight excluding hydrogens is 242 g/mol. The third kappa shape index (κ3) is 2.47. The van der Waals surface area contributed by atoms with E-state index in [1.807, 2.05) is 13.8 Å². The van der Waals surface area contributed by atoms with Gasteiger partial charge in [-0.25, -0.2) is 9.67 Å². The Balaban J connectivity index is 2.42. The van der Waals surface area contributed by atoms with Crippen LogP contribution >= 0.6 is 11.6 Å². The van der Waals surface area contributed by atoms with Crippen molar-refractivity contribution in [3.63, 3.8) is 0 Å². The van der Waals surface area contributed by atoms with Crippen molar-refractivity contribution >= 4 is 17.3 Å². The zero-order chi connectivity index (χ0) is 12.4. The van der Waals surface area contributed by atoms with Crippen LogP contribution in [0, 0.1) is 0 Å². The van der Waals surface area contributed by atoms with Gasteiger partial charge in [-0.3, -0.25) is 0 Å². The van der Waals surface area contributed by atoms with E-state index in [9.17, 15) is 0 Å². The number of nitrogens with two attached hydrogens (primary N) is 1. The number of aromatic nitrogens is 4. The van der Waals surface area contributed by atoms with Crippen molar-refractivity contribution in [1.82, 2.24) is 19.7 Å². The van der Waals surface area contributed by atoms with Crippen LogP contribution in [0.2, 0.25) is 5.02 Å². The lowest BCUT2D eigenvalue weighted by Crippen LogP contribution is -2.12. The van der Waals surface area contributed by atoms with Crippen molar-refractivity contribution < 1.29 is 4.74 Å². The van der Waals surface area contributed by atoms with E-state index in [1.165, 1.54) is 17.2 Å². The SMILES string of the molecule is CC(C)Oc1ncnc(-n2cc(Cl)cn2)c1N. The molecule has 0 amide bonds. The van der Waals surface area contributed by atoms with Crippen LogP contribution in [0.4, 0.5) is 5.69 Å². The first kappa shape index (κ1) is 11.7. The van der Waals surface area contributed by atoms with Crippen molar-refractivity contribution in [3.8, 4) is 11.7 Å². The van der Waals surface area contributed by atoms with Crippen LogP contribution in [0.3, 0.4) is 0 Å². The van der Waals surface area contributed by atoms with Crippen molar-refractivity contribution in [1.29, 1.82) is 0 Å². The highest BCUT2D eigenvalue weighted by Crippen LogP contribution is 2.24. The average molecular weight is 254 g/mol. The maximum atomic E-state index is 5.92. The maximum Gasteiger partial charge on any atom is 0.242 e. The second kappa shape index (κ2) is 4.58. The van der Waals surface area contributed by atoms with Gasteiger partial charge in [0.05, 0.1) is 23.5 Å². The second-order valence-electron chi connectivity index (χ2n) is 3.69. The average Bonchev–Trinajstić information content (AvgIpc) is 2.67. The summed E-state index contributed by atoms with van der Waals surface area (Å²) in [6, 6.07) is 0. The van der Waals surface area contributed by atoms with Gasteiger partial charge in [-0.1, -0.05) is 11.6 Å². The highest BCUT2D eigenvalue weighted by Gasteiger charge is 2.12. The van der Waals surface area contributed by atoms with Crippen LogP contribution in [0.15, 0.2) is 18.7 Å². The molecule has 2 rings (SSSR count). The Morgan fingerprint density at radius 1 is 1.41 bits per heavy atom. The molecule has 0 bridgehead atoms. The molecule has 0 radical (unpaired) electrons. The Bertz CT molecular complexity index is 525. The topological polar surface area (TPSA) is 78.9 Å². The fraction of sp³-hybridized carbons (Fsp3) is 0.300. The minimum absolute atomic E-state index is 0.0127. The van der Waals surface area contributed by atoms with Gasteiger partial charge in [0, 0.05) is 0 Å². The van der Waals surface area contributed by atoms with E-state index in [4.69, 9.17) is 22.1 Å². The van der Waals surface area contributed by atoms with Crippen LogP contribution < -0.4 is 10.5 Å². The quantitative estimate of drug-likeness (QED) is 0.900. The number of rotatable bonds is 3. The molecule has 0 spiro atoms. The second-order valence-corrected chi connectivity index (χ2v) is 4.12. The monoisotopic (exact) mass is 253 g/mol. The number of halogens is 1.